The van der Waals surface area contributed by atoms with Gasteiger partial charge in [-0.1, -0.05) is 17.7 Å². The van der Waals surface area contributed by atoms with Gasteiger partial charge in [0.2, 0.25) is 11.8 Å². The number of benzene rings is 2. The Hall–Kier alpha value is -3.46. The van der Waals surface area contributed by atoms with Crippen molar-refractivity contribution < 1.29 is 19.4 Å². The SMILES string of the molecule is COC1(CO)C[C@H](C(=O)Nc2ccc(Cl)cc2)[C@H](C(=O)Nc2ccc(-n3ccccc3=O)cc2C)C1. The summed E-state index contributed by atoms with van der Waals surface area (Å²) in [5.74, 6) is -2.11. The van der Waals surface area contributed by atoms with Crippen LogP contribution in [0.1, 0.15) is 18.4 Å². The Morgan fingerprint density at radius 1 is 1.06 bits per heavy atom. The van der Waals surface area contributed by atoms with Gasteiger partial charge in [0.1, 0.15) is 0 Å². The highest BCUT2D eigenvalue weighted by Crippen LogP contribution is 2.42. The Morgan fingerprint density at radius 2 is 1.72 bits per heavy atom. The molecule has 1 unspecified atom stereocenters. The van der Waals surface area contributed by atoms with E-state index in [-0.39, 0.29) is 36.8 Å². The summed E-state index contributed by atoms with van der Waals surface area (Å²) in [6.45, 7) is 1.52. The molecule has 1 heterocycles. The van der Waals surface area contributed by atoms with Crippen molar-refractivity contribution >= 4 is 34.8 Å². The van der Waals surface area contributed by atoms with Crippen LogP contribution >= 0.6 is 11.6 Å². The van der Waals surface area contributed by atoms with E-state index in [9.17, 15) is 19.5 Å². The first kappa shape index (κ1) is 25.6. The van der Waals surface area contributed by atoms with Crippen molar-refractivity contribution in [3.05, 3.63) is 87.8 Å². The summed E-state index contributed by atoms with van der Waals surface area (Å²) < 4.78 is 7.08. The first-order chi connectivity index (χ1) is 17.2. The molecule has 1 aromatic heterocycles. The lowest BCUT2D eigenvalue weighted by atomic mass is 9.94. The van der Waals surface area contributed by atoms with Crippen molar-refractivity contribution in [2.45, 2.75) is 25.4 Å². The van der Waals surface area contributed by atoms with Crippen LogP contribution < -0.4 is 16.2 Å². The number of anilines is 2. The molecule has 2 amide bonds. The molecule has 1 aliphatic carbocycles. The Kier molecular flexibility index (Phi) is 7.59. The number of amides is 2. The van der Waals surface area contributed by atoms with Gasteiger partial charge in [-0.2, -0.15) is 0 Å². The van der Waals surface area contributed by atoms with Gasteiger partial charge in [0, 0.05) is 41.5 Å². The molecule has 0 spiro atoms. The second-order valence-corrected chi connectivity index (χ2v) is 9.50. The topological polar surface area (TPSA) is 110 Å². The lowest BCUT2D eigenvalue weighted by Gasteiger charge is -2.25. The number of rotatable bonds is 7. The monoisotopic (exact) mass is 509 g/mol. The van der Waals surface area contributed by atoms with Crippen LogP contribution in [0.2, 0.25) is 5.02 Å². The molecule has 188 valence electrons. The van der Waals surface area contributed by atoms with Crippen LogP contribution in [0, 0.1) is 18.8 Å². The van der Waals surface area contributed by atoms with Crippen LogP contribution in [0.4, 0.5) is 11.4 Å². The molecule has 36 heavy (non-hydrogen) atoms. The second kappa shape index (κ2) is 10.7. The van der Waals surface area contributed by atoms with E-state index in [4.69, 9.17) is 16.3 Å². The van der Waals surface area contributed by atoms with Gasteiger partial charge in [0.05, 0.1) is 24.0 Å². The van der Waals surface area contributed by atoms with Gasteiger partial charge in [-0.25, -0.2) is 0 Å². The molecule has 0 aliphatic heterocycles. The smallest absolute Gasteiger partial charge is 0.255 e. The molecule has 3 atom stereocenters. The van der Waals surface area contributed by atoms with Crippen LogP contribution in [0.5, 0.6) is 0 Å². The van der Waals surface area contributed by atoms with Crippen molar-refractivity contribution in [3.8, 4) is 5.69 Å². The molecule has 1 fully saturated rings. The molecule has 3 N–H and O–H groups in total. The number of pyridine rings is 1. The first-order valence-corrected chi connectivity index (χ1v) is 11.9. The number of hydrogen-bond donors (Lipinski definition) is 3. The van der Waals surface area contributed by atoms with Gasteiger partial charge >= 0.3 is 0 Å². The maximum atomic E-state index is 13.4. The Bertz CT molecular complexity index is 1320. The van der Waals surface area contributed by atoms with Gasteiger partial charge in [-0.05, 0) is 73.9 Å². The molecule has 8 nitrogen and oxygen atoms in total. The molecule has 0 bridgehead atoms. The van der Waals surface area contributed by atoms with Crippen molar-refractivity contribution in [1.82, 2.24) is 4.57 Å². The van der Waals surface area contributed by atoms with E-state index in [1.54, 1.807) is 54.7 Å². The largest absolute Gasteiger partial charge is 0.393 e. The van der Waals surface area contributed by atoms with E-state index in [0.717, 1.165) is 5.56 Å². The molecule has 2 aromatic carbocycles. The number of carbonyl (C=O) groups excluding carboxylic acids is 2. The lowest BCUT2D eigenvalue weighted by Crippen LogP contribution is -2.34. The number of aromatic nitrogens is 1. The third-order valence-corrected chi connectivity index (χ3v) is 7.00. The molecule has 9 heteroatoms. The van der Waals surface area contributed by atoms with Crippen LogP contribution in [0.15, 0.2) is 71.7 Å². The minimum Gasteiger partial charge on any atom is -0.393 e. The number of aliphatic hydroxyl groups is 1. The maximum absolute atomic E-state index is 13.4. The standard InChI is InChI=1S/C27H28ClN3O5/c1-17-13-20(31-12-4-3-5-24(31)33)10-11-23(17)30-26(35)22-15-27(16-32,36-2)14-21(22)25(34)29-19-8-6-18(28)7-9-19/h3-13,21-22,32H,14-16H2,1-2H3,(H,29,34)(H,30,35)/t21-,22+,27?/m0/s1. The van der Waals surface area contributed by atoms with Gasteiger partial charge in [-0.3, -0.25) is 19.0 Å². The summed E-state index contributed by atoms with van der Waals surface area (Å²) >= 11 is 5.93. The summed E-state index contributed by atoms with van der Waals surface area (Å²) in [6.07, 6.45) is 2.07. The first-order valence-electron chi connectivity index (χ1n) is 11.6. The van der Waals surface area contributed by atoms with Crippen LogP contribution in [-0.4, -0.2) is 40.8 Å². The van der Waals surface area contributed by atoms with E-state index in [1.807, 2.05) is 13.0 Å². The number of aryl methyl sites for hydroxylation is 1. The minimum atomic E-state index is -0.989. The zero-order valence-corrected chi connectivity index (χ0v) is 20.8. The van der Waals surface area contributed by atoms with Gasteiger partial charge in [0.15, 0.2) is 0 Å². The Labute approximate surface area is 213 Å². The zero-order chi connectivity index (χ0) is 25.9. The second-order valence-electron chi connectivity index (χ2n) is 9.06. The molecule has 1 saturated carbocycles. The summed E-state index contributed by atoms with van der Waals surface area (Å²) in [6, 6.07) is 16.9. The average Bonchev–Trinajstić information content (AvgIpc) is 3.28. The predicted octanol–water partition coefficient (Wildman–Crippen LogP) is 3.78. The molecule has 3 aromatic rings. The summed E-state index contributed by atoms with van der Waals surface area (Å²) in [5.41, 5.74) is 1.42. The molecular formula is C27H28ClN3O5. The third-order valence-electron chi connectivity index (χ3n) is 6.74. The minimum absolute atomic E-state index is 0.158. The van der Waals surface area contributed by atoms with E-state index < -0.39 is 17.4 Å². The van der Waals surface area contributed by atoms with E-state index in [0.29, 0.717) is 22.1 Å². The normalized spacial score (nSPS) is 21.2. The number of hydrogen-bond acceptors (Lipinski definition) is 5. The van der Waals surface area contributed by atoms with Crippen molar-refractivity contribution in [3.63, 3.8) is 0 Å². The summed E-state index contributed by atoms with van der Waals surface area (Å²) in [5, 5.41) is 16.3. The quantitative estimate of drug-likeness (QED) is 0.449. The van der Waals surface area contributed by atoms with E-state index in [2.05, 4.69) is 10.6 Å². The molecule has 4 rings (SSSR count). The highest BCUT2D eigenvalue weighted by molar-refractivity contribution is 6.30. The molecule has 0 radical (unpaired) electrons. The average molecular weight is 510 g/mol. The Morgan fingerprint density at radius 3 is 2.31 bits per heavy atom. The fraction of sp³-hybridized carbons (Fsp3) is 0.296. The lowest BCUT2D eigenvalue weighted by molar-refractivity contribution is -0.128. The molecular weight excluding hydrogens is 482 g/mol. The van der Waals surface area contributed by atoms with Gasteiger partial charge in [-0.15, -0.1) is 0 Å². The fourth-order valence-electron chi connectivity index (χ4n) is 4.65. The summed E-state index contributed by atoms with van der Waals surface area (Å²) in [4.78, 5) is 38.7. The number of methoxy groups -OCH3 is 1. The zero-order valence-electron chi connectivity index (χ0n) is 20.0. The predicted molar refractivity (Wildman–Crippen MR) is 139 cm³/mol. The highest BCUT2D eigenvalue weighted by Gasteiger charge is 2.51. The fourth-order valence-corrected chi connectivity index (χ4v) is 4.78. The molecule has 0 saturated heterocycles. The molecule has 1 aliphatic rings. The van der Waals surface area contributed by atoms with E-state index in [1.165, 1.54) is 17.7 Å². The maximum Gasteiger partial charge on any atom is 0.255 e. The number of nitrogens with zero attached hydrogens (tertiary/aromatic N) is 1. The number of aliphatic hydroxyl groups excluding tert-OH is 1. The van der Waals surface area contributed by atoms with Gasteiger partial charge in [0.25, 0.3) is 5.56 Å². The summed E-state index contributed by atoms with van der Waals surface area (Å²) in [7, 11) is 1.47. The Balaban J connectivity index is 1.55. The number of halogens is 1. The van der Waals surface area contributed by atoms with Crippen molar-refractivity contribution in [1.29, 1.82) is 0 Å². The number of carbonyl (C=O) groups is 2. The van der Waals surface area contributed by atoms with Crippen LogP contribution in [0.25, 0.3) is 5.69 Å². The van der Waals surface area contributed by atoms with Crippen LogP contribution in [-0.2, 0) is 14.3 Å². The number of ether oxygens (including phenoxy) is 1. The number of nitrogens with one attached hydrogen (secondary N) is 2. The van der Waals surface area contributed by atoms with Gasteiger partial charge < -0.3 is 20.5 Å². The van der Waals surface area contributed by atoms with Crippen molar-refractivity contribution in [2.75, 3.05) is 24.4 Å². The highest BCUT2D eigenvalue weighted by atomic mass is 35.5. The van der Waals surface area contributed by atoms with E-state index >= 15 is 0 Å². The third kappa shape index (κ3) is 5.36. The van der Waals surface area contributed by atoms with Crippen molar-refractivity contribution in [2.24, 2.45) is 11.8 Å². The van der Waals surface area contributed by atoms with Crippen LogP contribution in [0.3, 0.4) is 0 Å².